The zero-order valence-electron chi connectivity index (χ0n) is 10.6. The summed E-state index contributed by atoms with van der Waals surface area (Å²) in [6.07, 6.45) is 2.46. The van der Waals surface area contributed by atoms with E-state index in [1.807, 2.05) is 0 Å². The van der Waals surface area contributed by atoms with Crippen LogP contribution >= 0.6 is 0 Å². The molecule has 90 valence electrons. The van der Waals surface area contributed by atoms with Crippen molar-refractivity contribution >= 4 is 10.9 Å². The zero-order chi connectivity index (χ0) is 11.8. The van der Waals surface area contributed by atoms with Crippen LogP contribution in [0.3, 0.4) is 0 Å². The average Bonchev–Trinajstić information content (AvgIpc) is 2.85. The number of hydrogen-bond donors (Lipinski definition) is 2. The summed E-state index contributed by atoms with van der Waals surface area (Å²) in [5.74, 6) is 0.825. The van der Waals surface area contributed by atoms with E-state index in [0.29, 0.717) is 6.04 Å². The minimum atomic E-state index is 0.655. The lowest BCUT2D eigenvalue weighted by Crippen LogP contribution is -2.23. The highest BCUT2D eigenvalue weighted by Gasteiger charge is 2.22. The highest BCUT2D eigenvalue weighted by molar-refractivity contribution is 5.84. The molecule has 1 aliphatic rings. The second kappa shape index (κ2) is 4.19. The molecule has 2 unspecified atom stereocenters. The van der Waals surface area contributed by atoms with Crippen molar-refractivity contribution in [1.29, 1.82) is 0 Å². The van der Waals surface area contributed by atoms with Gasteiger partial charge < -0.3 is 10.3 Å². The molecule has 0 amide bonds. The number of rotatable bonds is 2. The Hall–Kier alpha value is -1.28. The van der Waals surface area contributed by atoms with Crippen LogP contribution in [-0.4, -0.2) is 17.6 Å². The Kier molecular flexibility index (Phi) is 2.67. The van der Waals surface area contributed by atoms with Crippen LogP contribution < -0.4 is 5.32 Å². The number of aromatic nitrogens is 1. The molecule has 1 aromatic carbocycles. The number of nitrogens with one attached hydrogen (secondary N) is 2. The maximum Gasteiger partial charge on any atom is 0.0458 e. The number of para-hydroxylation sites is 1. The summed E-state index contributed by atoms with van der Waals surface area (Å²) in [7, 11) is 0. The fourth-order valence-corrected chi connectivity index (χ4v) is 3.02. The lowest BCUT2D eigenvalue weighted by Gasteiger charge is -2.10. The number of fused-ring (bicyclic) bond motifs is 1. The van der Waals surface area contributed by atoms with Crippen molar-refractivity contribution in [3.05, 3.63) is 35.5 Å². The normalized spacial score (nSPS) is 24.6. The fourth-order valence-electron chi connectivity index (χ4n) is 3.02. The van der Waals surface area contributed by atoms with Gasteiger partial charge in [-0.2, -0.15) is 0 Å². The molecule has 1 saturated heterocycles. The molecule has 2 heteroatoms. The first-order valence-corrected chi connectivity index (χ1v) is 6.53. The number of benzene rings is 1. The fraction of sp³-hybridized carbons (Fsp3) is 0.467. The Morgan fingerprint density at radius 2 is 2.12 bits per heavy atom. The van der Waals surface area contributed by atoms with Crippen molar-refractivity contribution in [1.82, 2.24) is 10.3 Å². The second-order valence-electron chi connectivity index (χ2n) is 5.42. The van der Waals surface area contributed by atoms with Crippen LogP contribution in [0.4, 0.5) is 0 Å². The molecule has 2 N–H and O–H groups in total. The Labute approximate surface area is 102 Å². The van der Waals surface area contributed by atoms with Crippen LogP contribution in [0.2, 0.25) is 0 Å². The van der Waals surface area contributed by atoms with Gasteiger partial charge in [0.2, 0.25) is 0 Å². The number of aryl methyl sites for hydroxylation is 1. The average molecular weight is 228 g/mol. The van der Waals surface area contributed by atoms with E-state index in [2.05, 4.69) is 48.4 Å². The molecular weight excluding hydrogens is 208 g/mol. The van der Waals surface area contributed by atoms with E-state index < -0.39 is 0 Å². The summed E-state index contributed by atoms with van der Waals surface area (Å²) in [4.78, 5) is 3.48. The van der Waals surface area contributed by atoms with Crippen LogP contribution in [0.25, 0.3) is 10.9 Å². The van der Waals surface area contributed by atoms with Gasteiger partial charge in [-0.15, -0.1) is 0 Å². The monoisotopic (exact) mass is 228 g/mol. The summed E-state index contributed by atoms with van der Waals surface area (Å²) >= 11 is 0. The maximum atomic E-state index is 3.62. The number of H-pyrrole nitrogens is 1. The lowest BCUT2D eigenvalue weighted by atomic mass is 9.99. The second-order valence-corrected chi connectivity index (χ2v) is 5.42. The standard InChI is InChI=1S/C15H20N2/c1-10-7-12(16-9-10)8-14-11(2)17-15-6-4-3-5-13(14)15/h3-6,10,12,16-17H,7-9H2,1-2H3. The van der Waals surface area contributed by atoms with E-state index in [1.54, 1.807) is 0 Å². The third kappa shape index (κ3) is 1.98. The van der Waals surface area contributed by atoms with Gasteiger partial charge in [0.25, 0.3) is 0 Å². The van der Waals surface area contributed by atoms with E-state index in [0.717, 1.165) is 12.3 Å². The van der Waals surface area contributed by atoms with Crippen molar-refractivity contribution < 1.29 is 0 Å². The predicted octanol–water partition coefficient (Wildman–Crippen LogP) is 3.02. The van der Waals surface area contributed by atoms with E-state index in [1.165, 1.54) is 35.1 Å². The summed E-state index contributed by atoms with van der Waals surface area (Å²) in [6, 6.07) is 9.27. The molecule has 1 fully saturated rings. The third-order valence-electron chi connectivity index (χ3n) is 3.92. The molecule has 2 nitrogen and oxygen atoms in total. The minimum Gasteiger partial charge on any atom is -0.358 e. The Balaban J connectivity index is 1.91. The van der Waals surface area contributed by atoms with Gasteiger partial charge in [-0.3, -0.25) is 0 Å². The van der Waals surface area contributed by atoms with Gasteiger partial charge in [-0.25, -0.2) is 0 Å². The lowest BCUT2D eigenvalue weighted by molar-refractivity contribution is 0.581. The molecule has 17 heavy (non-hydrogen) atoms. The summed E-state index contributed by atoms with van der Waals surface area (Å²) < 4.78 is 0. The van der Waals surface area contributed by atoms with E-state index in [9.17, 15) is 0 Å². The third-order valence-corrected chi connectivity index (χ3v) is 3.92. The molecule has 0 spiro atoms. The van der Waals surface area contributed by atoms with Gasteiger partial charge in [0, 0.05) is 22.6 Å². The zero-order valence-corrected chi connectivity index (χ0v) is 10.6. The molecule has 3 rings (SSSR count). The maximum absolute atomic E-state index is 3.62. The van der Waals surface area contributed by atoms with Crippen molar-refractivity contribution in [3.63, 3.8) is 0 Å². The Morgan fingerprint density at radius 1 is 1.29 bits per heavy atom. The summed E-state index contributed by atoms with van der Waals surface area (Å²) in [6.45, 7) is 5.69. The first-order chi connectivity index (χ1) is 8.24. The van der Waals surface area contributed by atoms with Gasteiger partial charge >= 0.3 is 0 Å². The first kappa shape index (κ1) is 10.8. The highest BCUT2D eigenvalue weighted by Crippen LogP contribution is 2.25. The smallest absolute Gasteiger partial charge is 0.0458 e. The van der Waals surface area contributed by atoms with Gasteiger partial charge in [0.05, 0.1) is 0 Å². The molecule has 0 aliphatic carbocycles. The summed E-state index contributed by atoms with van der Waals surface area (Å²) in [5, 5.41) is 5.02. The molecular formula is C15H20N2. The predicted molar refractivity (Wildman–Crippen MR) is 72.3 cm³/mol. The molecule has 0 radical (unpaired) electrons. The van der Waals surface area contributed by atoms with Crippen molar-refractivity contribution in [2.45, 2.75) is 32.7 Å². The SMILES string of the molecule is Cc1[nH]c2ccccc2c1CC1CC(C)CN1. The van der Waals surface area contributed by atoms with Gasteiger partial charge in [-0.05, 0) is 43.9 Å². The topological polar surface area (TPSA) is 27.8 Å². The van der Waals surface area contributed by atoms with E-state index >= 15 is 0 Å². The van der Waals surface area contributed by atoms with Crippen molar-refractivity contribution in [2.75, 3.05) is 6.54 Å². The molecule has 1 aliphatic heterocycles. The molecule has 0 bridgehead atoms. The number of hydrogen-bond acceptors (Lipinski definition) is 1. The minimum absolute atomic E-state index is 0.655. The molecule has 0 saturated carbocycles. The van der Waals surface area contributed by atoms with Crippen LogP contribution in [0, 0.1) is 12.8 Å². The highest BCUT2D eigenvalue weighted by atomic mass is 14.9. The van der Waals surface area contributed by atoms with Crippen LogP contribution in [0.1, 0.15) is 24.6 Å². The van der Waals surface area contributed by atoms with Crippen molar-refractivity contribution in [2.24, 2.45) is 5.92 Å². The van der Waals surface area contributed by atoms with Gasteiger partial charge in [0.15, 0.2) is 0 Å². The van der Waals surface area contributed by atoms with Gasteiger partial charge in [0.1, 0.15) is 0 Å². The number of aromatic amines is 1. The summed E-state index contributed by atoms with van der Waals surface area (Å²) in [5.41, 5.74) is 4.09. The van der Waals surface area contributed by atoms with Crippen LogP contribution in [0.15, 0.2) is 24.3 Å². The molecule has 2 heterocycles. The Bertz CT molecular complexity index is 527. The van der Waals surface area contributed by atoms with E-state index in [4.69, 9.17) is 0 Å². The van der Waals surface area contributed by atoms with E-state index in [-0.39, 0.29) is 0 Å². The Morgan fingerprint density at radius 3 is 2.88 bits per heavy atom. The van der Waals surface area contributed by atoms with Gasteiger partial charge in [-0.1, -0.05) is 25.1 Å². The largest absolute Gasteiger partial charge is 0.358 e. The van der Waals surface area contributed by atoms with Crippen LogP contribution in [-0.2, 0) is 6.42 Å². The quantitative estimate of drug-likeness (QED) is 0.812. The molecule has 2 atom stereocenters. The molecule has 1 aromatic heterocycles. The van der Waals surface area contributed by atoms with Crippen LogP contribution in [0.5, 0.6) is 0 Å². The first-order valence-electron chi connectivity index (χ1n) is 6.53. The van der Waals surface area contributed by atoms with Crippen molar-refractivity contribution in [3.8, 4) is 0 Å². The molecule has 2 aromatic rings.